The summed E-state index contributed by atoms with van der Waals surface area (Å²) in [5, 5.41) is 3.10. The molecule has 1 aliphatic heterocycles. The van der Waals surface area contributed by atoms with Crippen molar-refractivity contribution in [1.82, 2.24) is 10.2 Å². The lowest BCUT2D eigenvalue weighted by Crippen LogP contribution is -2.48. The lowest BCUT2D eigenvalue weighted by molar-refractivity contribution is -0.143. The Morgan fingerprint density at radius 3 is 2.72 bits per heavy atom. The van der Waals surface area contributed by atoms with E-state index in [1.165, 1.54) is 11.1 Å². The molecule has 2 aromatic rings. The van der Waals surface area contributed by atoms with Gasteiger partial charge in [-0.2, -0.15) is 0 Å². The summed E-state index contributed by atoms with van der Waals surface area (Å²) in [6, 6.07) is 15.8. The third-order valence-electron chi connectivity index (χ3n) is 5.61. The Balaban J connectivity index is 1.75. The van der Waals surface area contributed by atoms with Crippen molar-refractivity contribution in [3.8, 4) is 5.75 Å². The van der Waals surface area contributed by atoms with E-state index in [4.69, 9.17) is 4.74 Å². The Morgan fingerprint density at radius 2 is 2.00 bits per heavy atom. The topological polar surface area (TPSA) is 58.6 Å². The maximum absolute atomic E-state index is 13.1. The van der Waals surface area contributed by atoms with Crippen molar-refractivity contribution >= 4 is 11.8 Å². The molecule has 3 rings (SSSR count). The summed E-state index contributed by atoms with van der Waals surface area (Å²) in [5.74, 6) is 0.577. The second-order valence-electron chi connectivity index (χ2n) is 7.58. The molecule has 1 fully saturated rings. The van der Waals surface area contributed by atoms with Gasteiger partial charge in [-0.1, -0.05) is 42.0 Å². The highest BCUT2D eigenvalue weighted by Gasteiger charge is 2.39. The minimum atomic E-state index is -0.268. The summed E-state index contributed by atoms with van der Waals surface area (Å²) in [5.41, 5.74) is 3.37. The fraction of sp³-hybridized carbons (Fsp3) is 0.417. The Bertz CT molecular complexity index is 865. The van der Waals surface area contributed by atoms with E-state index in [-0.39, 0.29) is 23.8 Å². The van der Waals surface area contributed by atoms with E-state index in [1.807, 2.05) is 42.2 Å². The van der Waals surface area contributed by atoms with Gasteiger partial charge in [-0.25, -0.2) is 0 Å². The van der Waals surface area contributed by atoms with Gasteiger partial charge in [-0.15, -0.1) is 0 Å². The predicted octanol–water partition coefficient (Wildman–Crippen LogP) is 3.66. The molecule has 0 aliphatic carbocycles. The smallest absolute Gasteiger partial charge is 0.225 e. The van der Waals surface area contributed by atoms with Crippen molar-refractivity contribution in [2.24, 2.45) is 5.92 Å². The van der Waals surface area contributed by atoms with Crippen molar-refractivity contribution in [2.45, 2.75) is 39.2 Å². The van der Waals surface area contributed by atoms with Gasteiger partial charge in [0.25, 0.3) is 0 Å². The monoisotopic (exact) mass is 394 g/mol. The van der Waals surface area contributed by atoms with Gasteiger partial charge < -0.3 is 15.0 Å². The molecule has 0 radical (unpaired) electrons. The summed E-state index contributed by atoms with van der Waals surface area (Å²) in [7, 11) is 1.62. The van der Waals surface area contributed by atoms with Crippen LogP contribution in [0, 0.1) is 12.8 Å². The fourth-order valence-corrected chi connectivity index (χ4v) is 4.17. The second kappa shape index (κ2) is 9.59. The largest absolute Gasteiger partial charge is 0.497 e. The maximum atomic E-state index is 13.1. The SMILES string of the molecule is CCN1C(=O)CC[C@@H](C(=O)NCCc2cccc(C)c2)[C@@H]1c1cccc(OC)c1. The zero-order chi connectivity index (χ0) is 20.8. The quantitative estimate of drug-likeness (QED) is 0.780. The normalized spacial score (nSPS) is 19.1. The number of benzene rings is 2. The van der Waals surface area contributed by atoms with Gasteiger partial charge in [0.15, 0.2) is 0 Å². The molecule has 1 heterocycles. The second-order valence-corrected chi connectivity index (χ2v) is 7.58. The number of methoxy groups -OCH3 is 1. The van der Waals surface area contributed by atoms with Crippen LogP contribution in [0.1, 0.15) is 42.5 Å². The average Bonchev–Trinajstić information content (AvgIpc) is 2.73. The van der Waals surface area contributed by atoms with Gasteiger partial charge in [0.1, 0.15) is 5.75 Å². The number of nitrogens with zero attached hydrogens (tertiary/aromatic N) is 1. The third-order valence-corrected chi connectivity index (χ3v) is 5.61. The van der Waals surface area contributed by atoms with E-state index >= 15 is 0 Å². The minimum Gasteiger partial charge on any atom is -0.497 e. The van der Waals surface area contributed by atoms with Crippen LogP contribution in [0.15, 0.2) is 48.5 Å². The number of nitrogens with one attached hydrogen (secondary N) is 1. The van der Waals surface area contributed by atoms with Crippen molar-refractivity contribution in [2.75, 3.05) is 20.2 Å². The number of piperidine rings is 1. The molecule has 2 amide bonds. The first-order valence-corrected chi connectivity index (χ1v) is 10.3. The molecule has 5 nitrogen and oxygen atoms in total. The summed E-state index contributed by atoms with van der Waals surface area (Å²) >= 11 is 0. The first kappa shape index (κ1) is 20.9. The summed E-state index contributed by atoms with van der Waals surface area (Å²) in [4.78, 5) is 27.4. The summed E-state index contributed by atoms with van der Waals surface area (Å²) in [6.07, 6.45) is 1.76. The Morgan fingerprint density at radius 1 is 1.21 bits per heavy atom. The molecule has 1 N–H and O–H groups in total. The molecule has 1 aliphatic rings. The van der Waals surface area contributed by atoms with Crippen LogP contribution in [-0.4, -0.2) is 36.9 Å². The van der Waals surface area contributed by atoms with Gasteiger partial charge in [-0.3, -0.25) is 9.59 Å². The van der Waals surface area contributed by atoms with Gasteiger partial charge in [-0.05, 0) is 49.9 Å². The van der Waals surface area contributed by atoms with E-state index in [1.54, 1.807) is 7.11 Å². The average molecular weight is 395 g/mol. The molecular weight excluding hydrogens is 364 g/mol. The van der Waals surface area contributed by atoms with Crippen LogP contribution in [0.4, 0.5) is 0 Å². The highest BCUT2D eigenvalue weighted by molar-refractivity contribution is 5.85. The maximum Gasteiger partial charge on any atom is 0.225 e. The van der Waals surface area contributed by atoms with Crippen LogP contribution in [0.5, 0.6) is 5.75 Å². The fourth-order valence-electron chi connectivity index (χ4n) is 4.17. The highest BCUT2D eigenvalue weighted by atomic mass is 16.5. The molecule has 0 unspecified atom stereocenters. The number of rotatable bonds is 7. The van der Waals surface area contributed by atoms with Crippen LogP contribution >= 0.6 is 0 Å². The van der Waals surface area contributed by atoms with Crippen LogP contribution in [-0.2, 0) is 16.0 Å². The van der Waals surface area contributed by atoms with Crippen LogP contribution in [0.3, 0.4) is 0 Å². The Hall–Kier alpha value is -2.82. The number of carbonyl (C=O) groups is 2. The number of hydrogen-bond acceptors (Lipinski definition) is 3. The molecule has 2 atom stereocenters. The molecule has 2 aromatic carbocycles. The molecule has 154 valence electrons. The molecule has 0 bridgehead atoms. The van der Waals surface area contributed by atoms with E-state index in [0.29, 0.717) is 25.9 Å². The summed E-state index contributed by atoms with van der Waals surface area (Å²) in [6.45, 7) is 5.19. The van der Waals surface area contributed by atoms with Gasteiger partial charge in [0.2, 0.25) is 11.8 Å². The van der Waals surface area contributed by atoms with Gasteiger partial charge in [0, 0.05) is 19.5 Å². The van der Waals surface area contributed by atoms with Crippen molar-refractivity contribution < 1.29 is 14.3 Å². The van der Waals surface area contributed by atoms with Crippen molar-refractivity contribution in [3.05, 3.63) is 65.2 Å². The van der Waals surface area contributed by atoms with Crippen LogP contribution in [0.2, 0.25) is 0 Å². The first-order valence-electron chi connectivity index (χ1n) is 10.3. The molecule has 0 aromatic heterocycles. The molecule has 29 heavy (non-hydrogen) atoms. The van der Waals surface area contributed by atoms with Crippen LogP contribution in [0.25, 0.3) is 0 Å². The Kier molecular flexibility index (Phi) is 6.91. The van der Waals surface area contributed by atoms with Crippen molar-refractivity contribution in [3.63, 3.8) is 0 Å². The lowest BCUT2D eigenvalue weighted by atomic mass is 9.83. The third kappa shape index (κ3) is 4.97. The molecule has 0 spiro atoms. The lowest BCUT2D eigenvalue weighted by Gasteiger charge is -2.40. The zero-order valence-corrected chi connectivity index (χ0v) is 17.5. The van der Waals surface area contributed by atoms with Crippen LogP contribution < -0.4 is 10.1 Å². The molecule has 1 saturated heterocycles. The minimum absolute atomic E-state index is 0.0106. The molecule has 0 saturated carbocycles. The number of likely N-dealkylation sites (tertiary alicyclic amines) is 1. The highest BCUT2D eigenvalue weighted by Crippen LogP contribution is 2.37. The van der Waals surface area contributed by atoms with Gasteiger partial charge in [0.05, 0.1) is 19.1 Å². The first-order chi connectivity index (χ1) is 14.0. The Labute approximate surface area is 173 Å². The number of aryl methyl sites for hydroxylation is 1. The van der Waals surface area contributed by atoms with E-state index in [9.17, 15) is 9.59 Å². The molecule has 5 heteroatoms. The van der Waals surface area contributed by atoms with E-state index < -0.39 is 0 Å². The zero-order valence-electron chi connectivity index (χ0n) is 17.5. The van der Waals surface area contributed by atoms with Crippen molar-refractivity contribution in [1.29, 1.82) is 0 Å². The summed E-state index contributed by atoms with van der Waals surface area (Å²) < 4.78 is 5.36. The number of ether oxygens (including phenoxy) is 1. The molecular formula is C24H30N2O3. The predicted molar refractivity (Wildman–Crippen MR) is 114 cm³/mol. The van der Waals surface area contributed by atoms with Gasteiger partial charge >= 0.3 is 0 Å². The van der Waals surface area contributed by atoms with E-state index in [0.717, 1.165) is 17.7 Å². The number of amides is 2. The standard InChI is InChI=1S/C24H30N2O3/c1-4-26-22(27)12-11-21(23(26)19-9-6-10-20(16-19)29-3)24(28)25-14-13-18-8-5-7-17(2)15-18/h5-10,15-16,21,23H,4,11-14H2,1-3H3,(H,25,28)/t21-,23+/m1/s1. The number of hydrogen-bond donors (Lipinski definition) is 1. The van der Waals surface area contributed by atoms with E-state index in [2.05, 4.69) is 30.4 Å². The number of carbonyl (C=O) groups excluding carboxylic acids is 2.